The molecule has 2 N–H and O–H groups in total. The lowest BCUT2D eigenvalue weighted by Crippen LogP contribution is -2.41. The second-order valence-corrected chi connectivity index (χ2v) is 5.16. The summed E-state index contributed by atoms with van der Waals surface area (Å²) in [5, 5.41) is 5.58. The van der Waals surface area contributed by atoms with Crippen molar-refractivity contribution in [3.05, 3.63) is 29.8 Å². The smallest absolute Gasteiger partial charge is 0.255 e. The summed E-state index contributed by atoms with van der Waals surface area (Å²) in [6.07, 6.45) is 4.40. The van der Waals surface area contributed by atoms with Crippen molar-refractivity contribution in [3.63, 3.8) is 0 Å². The van der Waals surface area contributed by atoms with Gasteiger partial charge in [-0.25, -0.2) is 0 Å². The Morgan fingerprint density at radius 3 is 2.67 bits per heavy atom. The zero-order valence-corrected chi connectivity index (χ0v) is 12.4. The number of nitrogens with one attached hydrogen (secondary N) is 2. The van der Waals surface area contributed by atoms with Gasteiger partial charge in [-0.15, -0.1) is 0 Å². The fourth-order valence-corrected chi connectivity index (χ4v) is 2.54. The molecule has 1 aromatic carbocycles. The average molecular weight is 290 g/mol. The molecule has 0 unspecified atom stereocenters. The van der Waals surface area contributed by atoms with E-state index >= 15 is 0 Å². The molecule has 1 aromatic rings. The second kappa shape index (κ2) is 7.67. The molecule has 5 nitrogen and oxygen atoms in total. The van der Waals surface area contributed by atoms with Gasteiger partial charge in [0, 0.05) is 6.04 Å². The molecule has 0 radical (unpaired) electrons. The number of carbonyl (C=O) groups is 2. The van der Waals surface area contributed by atoms with E-state index in [1.54, 1.807) is 18.2 Å². The van der Waals surface area contributed by atoms with E-state index in [1.165, 1.54) is 12.8 Å². The predicted molar refractivity (Wildman–Crippen MR) is 80.3 cm³/mol. The fraction of sp³-hybridized carbons (Fsp3) is 0.500. The van der Waals surface area contributed by atoms with Crippen LogP contribution in [0.4, 0.5) is 0 Å². The number of amides is 2. The maximum atomic E-state index is 12.1. The molecule has 0 spiro atoms. The molecule has 5 heteroatoms. The Bertz CT molecular complexity index is 496. The van der Waals surface area contributed by atoms with Gasteiger partial charge < -0.3 is 15.4 Å². The summed E-state index contributed by atoms with van der Waals surface area (Å²) in [5.41, 5.74) is 0.452. The Morgan fingerprint density at radius 2 is 1.95 bits per heavy atom. The minimum absolute atomic E-state index is 0.00417. The third-order valence-corrected chi connectivity index (χ3v) is 3.56. The molecule has 0 heterocycles. The Balaban J connectivity index is 1.85. The van der Waals surface area contributed by atoms with Gasteiger partial charge in [0.15, 0.2) is 0 Å². The molecule has 2 rings (SSSR count). The van der Waals surface area contributed by atoms with Crippen molar-refractivity contribution in [3.8, 4) is 5.75 Å². The summed E-state index contributed by atoms with van der Waals surface area (Å²) in [6.45, 7) is 2.35. The molecule has 1 aliphatic carbocycles. The number of hydrogen-bond donors (Lipinski definition) is 2. The Morgan fingerprint density at radius 1 is 1.24 bits per heavy atom. The Labute approximate surface area is 125 Å². The van der Waals surface area contributed by atoms with E-state index < -0.39 is 0 Å². The van der Waals surface area contributed by atoms with Crippen LogP contribution in [0.25, 0.3) is 0 Å². The van der Waals surface area contributed by atoms with Crippen LogP contribution >= 0.6 is 0 Å². The number of carbonyl (C=O) groups excluding carboxylic acids is 2. The normalized spacial score (nSPS) is 14.7. The molecule has 114 valence electrons. The third kappa shape index (κ3) is 4.48. The number of para-hydroxylation sites is 1. The van der Waals surface area contributed by atoms with E-state index in [4.69, 9.17) is 4.74 Å². The first-order valence-electron chi connectivity index (χ1n) is 7.50. The summed E-state index contributed by atoms with van der Waals surface area (Å²) >= 11 is 0. The SMILES string of the molecule is CCOc1ccccc1C(=O)NCC(=O)NC1CCCC1. The van der Waals surface area contributed by atoms with Crippen LogP contribution in [0.5, 0.6) is 5.75 Å². The van der Waals surface area contributed by atoms with Crippen LogP contribution in [0.15, 0.2) is 24.3 Å². The summed E-state index contributed by atoms with van der Waals surface area (Å²) in [7, 11) is 0. The lowest BCUT2D eigenvalue weighted by Gasteiger charge is -2.13. The average Bonchev–Trinajstić information content (AvgIpc) is 2.98. The number of ether oxygens (including phenoxy) is 1. The van der Waals surface area contributed by atoms with Crippen LogP contribution in [0.1, 0.15) is 43.0 Å². The standard InChI is InChI=1S/C16H22N2O3/c1-2-21-14-10-6-5-9-13(14)16(20)17-11-15(19)18-12-7-3-4-8-12/h5-6,9-10,12H,2-4,7-8,11H2,1H3,(H,17,20)(H,18,19). The maximum absolute atomic E-state index is 12.1. The van der Waals surface area contributed by atoms with Crippen molar-refractivity contribution in [1.82, 2.24) is 10.6 Å². The van der Waals surface area contributed by atoms with E-state index in [-0.39, 0.29) is 24.4 Å². The number of hydrogen-bond acceptors (Lipinski definition) is 3. The highest BCUT2D eigenvalue weighted by Crippen LogP contribution is 2.18. The molecule has 0 aliphatic heterocycles. The minimum Gasteiger partial charge on any atom is -0.493 e. The minimum atomic E-state index is -0.291. The van der Waals surface area contributed by atoms with Gasteiger partial charge in [-0.2, -0.15) is 0 Å². The van der Waals surface area contributed by atoms with E-state index in [9.17, 15) is 9.59 Å². The number of benzene rings is 1. The summed E-state index contributed by atoms with van der Waals surface area (Å²) in [6, 6.07) is 7.29. The van der Waals surface area contributed by atoms with Gasteiger partial charge in [-0.1, -0.05) is 25.0 Å². The molecule has 0 bridgehead atoms. The Kier molecular flexibility index (Phi) is 5.60. The predicted octanol–water partition coefficient (Wildman–Crippen LogP) is 1.87. The first-order chi connectivity index (χ1) is 10.2. The van der Waals surface area contributed by atoms with Crippen LogP contribution in [0.3, 0.4) is 0 Å². The summed E-state index contributed by atoms with van der Waals surface area (Å²) in [4.78, 5) is 23.9. The molecule has 0 aromatic heterocycles. The molecule has 0 atom stereocenters. The van der Waals surface area contributed by atoms with Crippen molar-refractivity contribution < 1.29 is 14.3 Å². The van der Waals surface area contributed by atoms with Crippen LogP contribution in [-0.4, -0.2) is 31.0 Å². The molecule has 21 heavy (non-hydrogen) atoms. The van der Waals surface area contributed by atoms with Gasteiger partial charge in [0.25, 0.3) is 5.91 Å². The zero-order chi connectivity index (χ0) is 15.1. The topological polar surface area (TPSA) is 67.4 Å². The van der Waals surface area contributed by atoms with Gasteiger partial charge in [0.2, 0.25) is 5.91 Å². The second-order valence-electron chi connectivity index (χ2n) is 5.16. The van der Waals surface area contributed by atoms with Crippen molar-refractivity contribution in [2.75, 3.05) is 13.2 Å². The lowest BCUT2D eigenvalue weighted by molar-refractivity contribution is -0.120. The molecule has 1 aliphatic rings. The third-order valence-electron chi connectivity index (χ3n) is 3.56. The highest BCUT2D eigenvalue weighted by atomic mass is 16.5. The van der Waals surface area contributed by atoms with Gasteiger partial charge in [0.05, 0.1) is 18.7 Å². The number of rotatable bonds is 6. The molecule has 1 fully saturated rings. The summed E-state index contributed by atoms with van der Waals surface area (Å²) in [5.74, 6) is 0.110. The largest absolute Gasteiger partial charge is 0.493 e. The van der Waals surface area contributed by atoms with E-state index in [2.05, 4.69) is 10.6 Å². The quantitative estimate of drug-likeness (QED) is 0.840. The molecule has 1 saturated carbocycles. The van der Waals surface area contributed by atoms with E-state index in [1.807, 2.05) is 13.0 Å². The Hall–Kier alpha value is -2.04. The van der Waals surface area contributed by atoms with Crippen molar-refractivity contribution in [2.45, 2.75) is 38.6 Å². The zero-order valence-electron chi connectivity index (χ0n) is 12.4. The van der Waals surface area contributed by atoms with Crippen LogP contribution in [0, 0.1) is 0 Å². The summed E-state index contributed by atoms with van der Waals surface area (Å²) < 4.78 is 5.41. The van der Waals surface area contributed by atoms with E-state index in [0.717, 1.165) is 12.8 Å². The van der Waals surface area contributed by atoms with E-state index in [0.29, 0.717) is 17.9 Å². The lowest BCUT2D eigenvalue weighted by atomic mass is 10.2. The van der Waals surface area contributed by atoms with Gasteiger partial charge >= 0.3 is 0 Å². The highest BCUT2D eigenvalue weighted by Gasteiger charge is 2.18. The fourth-order valence-electron chi connectivity index (χ4n) is 2.54. The molecule has 0 saturated heterocycles. The van der Waals surface area contributed by atoms with Crippen LogP contribution in [0.2, 0.25) is 0 Å². The van der Waals surface area contributed by atoms with Crippen molar-refractivity contribution in [1.29, 1.82) is 0 Å². The molecular formula is C16H22N2O3. The molecular weight excluding hydrogens is 268 g/mol. The first kappa shape index (κ1) is 15.4. The van der Waals surface area contributed by atoms with Gasteiger partial charge in [-0.3, -0.25) is 9.59 Å². The van der Waals surface area contributed by atoms with Crippen LogP contribution < -0.4 is 15.4 Å². The maximum Gasteiger partial charge on any atom is 0.255 e. The van der Waals surface area contributed by atoms with Crippen molar-refractivity contribution in [2.24, 2.45) is 0 Å². The van der Waals surface area contributed by atoms with Crippen LogP contribution in [-0.2, 0) is 4.79 Å². The highest BCUT2D eigenvalue weighted by molar-refractivity contribution is 5.98. The van der Waals surface area contributed by atoms with Crippen molar-refractivity contribution >= 4 is 11.8 Å². The van der Waals surface area contributed by atoms with Gasteiger partial charge in [-0.05, 0) is 31.9 Å². The molecule has 2 amide bonds. The monoisotopic (exact) mass is 290 g/mol. The van der Waals surface area contributed by atoms with Gasteiger partial charge in [0.1, 0.15) is 5.75 Å². The first-order valence-corrected chi connectivity index (χ1v) is 7.50.